The van der Waals surface area contributed by atoms with E-state index >= 15 is 0 Å². The van der Waals surface area contributed by atoms with Crippen LogP contribution in [0.25, 0.3) is 0 Å². The summed E-state index contributed by atoms with van der Waals surface area (Å²) in [6.07, 6.45) is 1.69. The molecule has 2 aromatic rings. The molecule has 8 heteroatoms. The van der Waals surface area contributed by atoms with E-state index in [0.29, 0.717) is 38.0 Å². The maximum Gasteiger partial charge on any atom is 0.231 e. The molecule has 172 valence electrons. The SMILES string of the molecule is CN=C(NCC(C)Oc1ccc(F)cc1)NCC1(c2ccc3c(c2)OCO3)CCOCC1. The molecule has 1 fully saturated rings. The quantitative estimate of drug-likeness (QED) is 0.506. The Balaban J connectivity index is 1.36. The molecule has 0 radical (unpaired) electrons. The van der Waals surface area contributed by atoms with Crippen LogP contribution in [0, 0.1) is 5.82 Å². The first-order chi connectivity index (χ1) is 15.6. The van der Waals surface area contributed by atoms with Crippen LogP contribution in [0.15, 0.2) is 47.5 Å². The molecule has 1 unspecified atom stereocenters. The summed E-state index contributed by atoms with van der Waals surface area (Å²) in [7, 11) is 1.75. The van der Waals surface area contributed by atoms with E-state index in [1.807, 2.05) is 13.0 Å². The van der Waals surface area contributed by atoms with Crippen LogP contribution in [-0.4, -0.2) is 52.2 Å². The van der Waals surface area contributed by atoms with E-state index in [1.165, 1.54) is 17.7 Å². The molecule has 0 aliphatic carbocycles. The van der Waals surface area contributed by atoms with Crippen LogP contribution in [0.4, 0.5) is 4.39 Å². The van der Waals surface area contributed by atoms with Crippen molar-refractivity contribution < 1.29 is 23.3 Å². The minimum absolute atomic E-state index is 0.0902. The molecule has 0 saturated carbocycles. The van der Waals surface area contributed by atoms with Gasteiger partial charge >= 0.3 is 0 Å². The van der Waals surface area contributed by atoms with Gasteiger partial charge in [-0.15, -0.1) is 0 Å². The summed E-state index contributed by atoms with van der Waals surface area (Å²) in [5.74, 6) is 2.63. The summed E-state index contributed by atoms with van der Waals surface area (Å²) in [6, 6.07) is 12.2. The standard InChI is InChI=1S/C24H30FN3O4/c1-17(32-20-6-4-19(25)5-7-20)14-27-23(26-2)28-15-24(9-11-29-12-10-24)18-3-8-21-22(13-18)31-16-30-21/h3-8,13,17H,9-12,14-16H2,1-2H3,(H2,26,27,28). The lowest BCUT2D eigenvalue weighted by molar-refractivity contribution is 0.0513. The molecule has 2 aliphatic heterocycles. The highest BCUT2D eigenvalue weighted by atomic mass is 19.1. The number of halogens is 1. The Morgan fingerprint density at radius 3 is 2.59 bits per heavy atom. The Hall–Kier alpha value is -3.00. The van der Waals surface area contributed by atoms with Crippen LogP contribution in [-0.2, 0) is 10.2 Å². The predicted octanol–water partition coefficient (Wildman–Crippen LogP) is 3.24. The van der Waals surface area contributed by atoms with Gasteiger partial charge in [0.2, 0.25) is 6.79 Å². The smallest absolute Gasteiger partial charge is 0.231 e. The molecule has 4 rings (SSSR count). The van der Waals surface area contributed by atoms with Crippen molar-refractivity contribution >= 4 is 5.96 Å². The maximum absolute atomic E-state index is 13.1. The average Bonchev–Trinajstić information content (AvgIpc) is 3.29. The number of fused-ring (bicyclic) bond motifs is 1. The largest absolute Gasteiger partial charge is 0.489 e. The zero-order valence-corrected chi connectivity index (χ0v) is 18.5. The molecule has 0 bridgehead atoms. The van der Waals surface area contributed by atoms with Crippen molar-refractivity contribution in [2.75, 3.05) is 40.1 Å². The van der Waals surface area contributed by atoms with E-state index in [2.05, 4.69) is 27.8 Å². The molecule has 0 aromatic heterocycles. The normalized spacial score (nSPS) is 18.2. The van der Waals surface area contributed by atoms with Crippen molar-refractivity contribution in [2.45, 2.75) is 31.3 Å². The molecule has 7 nitrogen and oxygen atoms in total. The van der Waals surface area contributed by atoms with E-state index in [4.69, 9.17) is 18.9 Å². The molecule has 2 N–H and O–H groups in total. The molecule has 1 atom stereocenters. The number of ether oxygens (including phenoxy) is 4. The van der Waals surface area contributed by atoms with Crippen molar-refractivity contribution in [3.05, 3.63) is 53.8 Å². The highest BCUT2D eigenvalue weighted by Crippen LogP contribution is 2.40. The Bertz CT molecular complexity index is 929. The van der Waals surface area contributed by atoms with Crippen molar-refractivity contribution in [2.24, 2.45) is 4.99 Å². The van der Waals surface area contributed by atoms with Crippen LogP contribution in [0.3, 0.4) is 0 Å². The molecule has 0 spiro atoms. The van der Waals surface area contributed by atoms with E-state index in [0.717, 1.165) is 24.3 Å². The summed E-state index contributed by atoms with van der Waals surface area (Å²) in [5, 5.41) is 6.79. The molecular weight excluding hydrogens is 413 g/mol. The number of nitrogens with one attached hydrogen (secondary N) is 2. The first-order valence-electron chi connectivity index (χ1n) is 10.9. The van der Waals surface area contributed by atoms with Gasteiger partial charge in [-0.05, 0) is 61.7 Å². The molecule has 2 aliphatic rings. The second-order valence-electron chi connectivity index (χ2n) is 8.15. The summed E-state index contributed by atoms with van der Waals surface area (Å²) < 4.78 is 35.6. The van der Waals surface area contributed by atoms with Gasteiger partial charge in [-0.25, -0.2) is 4.39 Å². The van der Waals surface area contributed by atoms with Gasteiger partial charge < -0.3 is 29.6 Å². The molecular formula is C24H30FN3O4. The number of hydrogen-bond acceptors (Lipinski definition) is 5. The van der Waals surface area contributed by atoms with Crippen LogP contribution >= 0.6 is 0 Å². The maximum atomic E-state index is 13.1. The third kappa shape index (κ3) is 5.24. The number of aliphatic imine (C=N–C) groups is 1. The lowest BCUT2D eigenvalue weighted by Crippen LogP contribution is -2.49. The highest BCUT2D eigenvalue weighted by molar-refractivity contribution is 5.79. The highest BCUT2D eigenvalue weighted by Gasteiger charge is 2.36. The van der Waals surface area contributed by atoms with Gasteiger partial charge in [-0.2, -0.15) is 0 Å². The minimum Gasteiger partial charge on any atom is -0.489 e. The summed E-state index contributed by atoms with van der Waals surface area (Å²) in [4.78, 5) is 4.36. The average molecular weight is 444 g/mol. The number of rotatable bonds is 7. The molecule has 2 aromatic carbocycles. The van der Waals surface area contributed by atoms with E-state index in [9.17, 15) is 4.39 Å². The number of benzene rings is 2. The lowest BCUT2D eigenvalue weighted by atomic mass is 9.74. The van der Waals surface area contributed by atoms with Gasteiger partial charge in [0.1, 0.15) is 17.7 Å². The van der Waals surface area contributed by atoms with E-state index in [1.54, 1.807) is 19.2 Å². The van der Waals surface area contributed by atoms with Crippen LogP contribution in [0.1, 0.15) is 25.3 Å². The zero-order chi connectivity index (χ0) is 22.4. The lowest BCUT2D eigenvalue weighted by Gasteiger charge is -2.38. The van der Waals surface area contributed by atoms with E-state index in [-0.39, 0.29) is 24.1 Å². The molecule has 0 amide bonds. The van der Waals surface area contributed by atoms with Crippen LogP contribution < -0.4 is 24.8 Å². The fourth-order valence-electron chi connectivity index (χ4n) is 4.06. The summed E-state index contributed by atoms with van der Waals surface area (Å²) in [5.41, 5.74) is 1.12. The first-order valence-corrected chi connectivity index (χ1v) is 10.9. The summed E-state index contributed by atoms with van der Waals surface area (Å²) in [6.45, 7) is 4.91. The van der Waals surface area contributed by atoms with Gasteiger partial charge in [0.25, 0.3) is 0 Å². The fourth-order valence-corrected chi connectivity index (χ4v) is 4.06. The van der Waals surface area contributed by atoms with E-state index < -0.39 is 0 Å². The van der Waals surface area contributed by atoms with Gasteiger partial charge in [-0.1, -0.05) is 6.07 Å². The Morgan fingerprint density at radius 2 is 1.84 bits per heavy atom. The molecule has 32 heavy (non-hydrogen) atoms. The topological polar surface area (TPSA) is 73.3 Å². The molecule has 1 saturated heterocycles. The van der Waals surface area contributed by atoms with Gasteiger partial charge in [0.05, 0.1) is 6.54 Å². The van der Waals surface area contributed by atoms with Gasteiger partial charge in [0, 0.05) is 32.2 Å². The third-order valence-electron chi connectivity index (χ3n) is 5.96. The second-order valence-corrected chi connectivity index (χ2v) is 8.15. The third-order valence-corrected chi connectivity index (χ3v) is 5.96. The van der Waals surface area contributed by atoms with Crippen molar-refractivity contribution in [3.63, 3.8) is 0 Å². The molecule has 2 heterocycles. The van der Waals surface area contributed by atoms with Crippen LogP contribution in [0.5, 0.6) is 17.2 Å². The Kier molecular flexibility index (Phi) is 6.99. The monoisotopic (exact) mass is 443 g/mol. The number of hydrogen-bond donors (Lipinski definition) is 2. The van der Waals surface area contributed by atoms with Crippen molar-refractivity contribution in [3.8, 4) is 17.2 Å². The van der Waals surface area contributed by atoms with Crippen LogP contribution in [0.2, 0.25) is 0 Å². The number of guanidine groups is 1. The van der Waals surface area contributed by atoms with Gasteiger partial charge in [0.15, 0.2) is 17.5 Å². The zero-order valence-electron chi connectivity index (χ0n) is 18.5. The number of nitrogens with zero attached hydrogens (tertiary/aromatic N) is 1. The fraction of sp³-hybridized carbons (Fsp3) is 0.458. The van der Waals surface area contributed by atoms with Crippen molar-refractivity contribution in [1.82, 2.24) is 10.6 Å². The minimum atomic E-state index is -0.280. The Labute approximate surface area is 187 Å². The second kappa shape index (κ2) is 10.1. The van der Waals surface area contributed by atoms with Crippen molar-refractivity contribution in [1.29, 1.82) is 0 Å². The van der Waals surface area contributed by atoms with Gasteiger partial charge in [-0.3, -0.25) is 4.99 Å². The Morgan fingerprint density at radius 1 is 1.09 bits per heavy atom. The first kappa shape index (κ1) is 22.2. The summed E-state index contributed by atoms with van der Waals surface area (Å²) >= 11 is 0. The predicted molar refractivity (Wildman–Crippen MR) is 120 cm³/mol.